The summed E-state index contributed by atoms with van der Waals surface area (Å²) >= 11 is 0. The van der Waals surface area contributed by atoms with E-state index in [1.807, 2.05) is 0 Å². The van der Waals surface area contributed by atoms with Gasteiger partial charge in [0.1, 0.15) is 5.82 Å². The molecule has 1 saturated carbocycles. The molecule has 104 valence electrons. The highest BCUT2D eigenvalue weighted by molar-refractivity contribution is 5.32. The van der Waals surface area contributed by atoms with Gasteiger partial charge >= 0.3 is 0 Å². The molecule has 1 atom stereocenters. The van der Waals surface area contributed by atoms with Crippen LogP contribution in [-0.2, 0) is 24.1 Å². The van der Waals surface area contributed by atoms with Crippen LogP contribution in [0.1, 0.15) is 54.9 Å². The molecule has 1 fully saturated rings. The smallest absolute Gasteiger partial charge is 0.131 e. The molecule has 4 heteroatoms. The Bertz CT molecular complexity index is 457. The van der Waals surface area contributed by atoms with Crippen LogP contribution in [0.25, 0.3) is 0 Å². The standard InChI is InChI=1S/C15H23N3O/c1-10(19-2)8-14-17-13-6-7-16-9-12(13)15(18-14)11-4-3-5-11/h10-11,16H,3-9H2,1-2H3. The molecule has 1 aromatic rings. The van der Waals surface area contributed by atoms with Gasteiger partial charge in [-0.05, 0) is 19.8 Å². The van der Waals surface area contributed by atoms with E-state index < -0.39 is 0 Å². The maximum Gasteiger partial charge on any atom is 0.131 e. The average Bonchev–Trinajstić information content (AvgIpc) is 2.36. The topological polar surface area (TPSA) is 47.0 Å². The average molecular weight is 261 g/mol. The summed E-state index contributed by atoms with van der Waals surface area (Å²) in [6.45, 7) is 4.06. The highest BCUT2D eigenvalue weighted by Crippen LogP contribution is 2.38. The fourth-order valence-electron chi connectivity index (χ4n) is 2.87. The number of rotatable bonds is 4. The molecule has 0 bridgehead atoms. The van der Waals surface area contributed by atoms with Crippen LogP contribution in [0.3, 0.4) is 0 Å². The number of nitrogens with zero attached hydrogens (tertiary/aromatic N) is 2. The number of ether oxygens (including phenoxy) is 1. The molecule has 0 spiro atoms. The predicted molar refractivity (Wildman–Crippen MR) is 74.2 cm³/mol. The van der Waals surface area contributed by atoms with Gasteiger partial charge in [0.15, 0.2) is 0 Å². The zero-order valence-electron chi connectivity index (χ0n) is 11.9. The second-order valence-corrected chi connectivity index (χ2v) is 5.76. The van der Waals surface area contributed by atoms with Crippen molar-refractivity contribution in [1.82, 2.24) is 15.3 Å². The fraction of sp³-hybridized carbons (Fsp3) is 0.733. The van der Waals surface area contributed by atoms with Crippen molar-refractivity contribution in [3.8, 4) is 0 Å². The molecule has 0 aromatic carbocycles. The first-order valence-corrected chi connectivity index (χ1v) is 7.40. The number of hydrogen-bond donors (Lipinski definition) is 1. The van der Waals surface area contributed by atoms with Gasteiger partial charge in [-0.2, -0.15) is 0 Å². The highest BCUT2D eigenvalue weighted by Gasteiger charge is 2.27. The first kappa shape index (κ1) is 13.0. The lowest BCUT2D eigenvalue weighted by atomic mass is 9.80. The monoisotopic (exact) mass is 261 g/mol. The van der Waals surface area contributed by atoms with Crippen LogP contribution >= 0.6 is 0 Å². The molecule has 2 heterocycles. The third-order valence-electron chi connectivity index (χ3n) is 4.38. The van der Waals surface area contributed by atoms with Crippen LogP contribution in [0.5, 0.6) is 0 Å². The molecule has 1 aliphatic carbocycles. The van der Waals surface area contributed by atoms with Crippen LogP contribution in [0, 0.1) is 0 Å². The Kier molecular flexibility index (Phi) is 3.80. The minimum atomic E-state index is 0.189. The second-order valence-electron chi connectivity index (χ2n) is 5.76. The van der Waals surface area contributed by atoms with Gasteiger partial charge < -0.3 is 10.1 Å². The first-order valence-electron chi connectivity index (χ1n) is 7.40. The van der Waals surface area contributed by atoms with Crippen LogP contribution in [-0.4, -0.2) is 29.7 Å². The molecule has 4 nitrogen and oxygen atoms in total. The quantitative estimate of drug-likeness (QED) is 0.900. The number of fused-ring (bicyclic) bond motifs is 1. The van der Waals surface area contributed by atoms with Gasteiger partial charge in [0, 0.05) is 44.5 Å². The van der Waals surface area contributed by atoms with Crippen molar-refractivity contribution in [3.63, 3.8) is 0 Å². The largest absolute Gasteiger partial charge is 0.381 e. The van der Waals surface area contributed by atoms with Crippen molar-refractivity contribution < 1.29 is 4.74 Å². The van der Waals surface area contributed by atoms with E-state index in [9.17, 15) is 0 Å². The molecule has 0 amide bonds. The Morgan fingerprint density at radius 2 is 2.21 bits per heavy atom. The van der Waals surface area contributed by atoms with Crippen molar-refractivity contribution in [1.29, 1.82) is 0 Å². The molecular weight excluding hydrogens is 238 g/mol. The van der Waals surface area contributed by atoms with Crippen molar-refractivity contribution >= 4 is 0 Å². The third-order valence-corrected chi connectivity index (χ3v) is 4.38. The van der Waals surface area contributed by atoms with Gasteiger partial charge in [-0.15, -0.1) is 0 Å². The second kappa shape index (κ2) is 5.55. The third kappa shape index (κ3) is 2.65. The normalized spacial score (nSPS) is 20.7. The molecule has 1 unspecified atom stereocenters. The SMILES string of the molecule is COC(C)Cc1nc2c(c(C3CCC3)n1)CNCC2. The van der Waals surface area contributed by atoms with Gasteiger partial charge in [0.05, 0.1) is 17.5 Å². The van der Waals surface area contributed by atoms with E-state index >= 15 is 0 Å². The number of methoxy groups -OCH3 is 1. The van der Waals surface area contributed by atoms with Crippen molar-refractivity contribution in [2.45, 2.75) is 57.6 Å². The summed E-state index contributed by atoms with van der Waals surface area (Å²) in [5.41, 5.74) is 3.97. The van der Waals surface area contributed by atoms with Crippen LogP contribution in [0.2, 0.25) is 0 Å². The maximum absolute atomic E-state index is 5.35. The number of aromatic nitrogens is 2. The molecule has 1 aromatic heterocycles. The van der Waals surface area contributed by atoms with Gasteiger partial charge in [-0.1, -0.05) is 6.42 Å². The Morgan fingerprint density at radius 3 is 2.89 bits per heavy atom. The summed E-state index contributed by atoms with van der Waals surface area (Å²) in [4.78, 5) is 9.64. The van der Waals surface area contributed by atoms with E-state index in [-0.39, 0.29) is 6.10 Å². The Balaban J connectivity index is 1.93. The van der Waals surface area contributed by atoms with E-state index in [0.29, 0.717) is 5.92 Å². The zero-order chi connectivity index (χ0) is 13.2. The lowest BCUT2D eigenvalue weighted by molar-refractivity contribution is 0.117. The van der Waals surface area contributed by atoms with E-state index in [2.05, 4.69) is 12.2 Å². The highest BCUT2D eigenvalue weighted by atomic mass is 16.5. The molecule has 1 aliphatic heterocycles. The summed E-state index contributed by atoms with van der Waals surface area (Å²) in [5.74, 6) is 1.64. The van der Waals surface area contributed by atoms with Crippen LogP contribution < -0.4 is 5.32 Å². The summed E-state index contributed by atoms with van der Waals surface area (Å²) < 4.78 is 5.35. The van der Waals surface area contributed by atoms with Crippen molar-refractivity contribution in [2.75, 3.05) is 13.7 Å². The molecule has 3 rings (SSSR count). The summed E-state index contributed by atoms with van der Waals surface area (Å²) in [7, 11) is 1.75. The predicted octanol–water partition coefficient (Wildman–Crippen LogP) is 1.97. The number of hydrogen-bond acceptors (Lipinski definition) is 4. The molecule has 1 N–H and O–H groups in total. The Morgan fingerprint density at radius 1 is 1.37 bits per heavy atom. The van der Waals surface area contributed by atoms with Gasteiger partial charge in [0.2, 0.25) is 0 Å². The molecular formula is C15H23N3O. The van der Waals surface area contributed by atoms with Crippen LogP contribution in [0.4, 0.5) is 0 Å². The van der Waals surface area contributed by atoms with Crippen molar-refractivity contribution in [3.05, 3.63) is 22.8 Å². The Labute approximate surface area is 115 Å². The van der Waals surface area contributed by atoms with E-state index in [0.717, 1.165) is 31.8 Å². The molecule has 0 radical (unpaired) electrons. The minimum absolute atomic E-state index is 0.189. The molecule has 19 heavy (non-hydrogen) atoms. The van der Waals surface area contributed by atoms with E-state index in [1.165, 1.54) is 36.2 Å². The van der Waals surface area contributed by atoms with Gasteiger partial charge in [-0.25, -0.2) is 9.97 Å². The Hall–Kier alpha value is -1.00. The minimum Gasteiger partial charge on any atom is -0.381 e. The van der Waals surface area contributed by atoms with E-state index in [4.69, 9.17) is 14.7 Å². The van der Waals surface area contributed by atoms with E-state index in [1.54, 1.807) is 7.11 Å². The number of nitrogens with one attached hydrogen (secondary N) is 1. The lowest BCUT2D eigenvalue weighted by Gasteiger charge is -2.30. The summed E-state index contributed by atoms with van der Waals surface area (Å²) in [5, 5.41) is 3.45. The lowest BCUT2D eigenvalue weighted by Crippen LogP contribution is -2.29. The fourth-order valence-corrected chi connectivity index (χ4v) is 2.87. The summed E-state index contributed by atoms with van der Waals surface area (Å²) in [6, 6.07) is 0. The van der Waals surface area contributed by atoms with Crippen molar-refractivity contribution in [2.24, 2.45) is 0 Å². The summed E-state index contributed by atoms with van der Waals surface area (Å²) in [6.07, 6.45) is 5.98. The zero-order valence-corrected chi connectivity index (χ0v) is 11.9. The first-order chi connectivity index (χ1) is 9.28. The van der Waals surface area contributed by atoms with Crippen LogP contribution in [0.15, 0.2) is 0 Å². The molecule has 0 saturated heterocycles. The van der Waals surface area contributed by atoms with Gasteiger partial charge in [-0.3, -0.25) is 0 Å². The van der Waals surface area contributed by atoms with Gasteiger partial charge in [0.25, 0.3) is 0 Å². The maximum atomic E-state index is 5.35. The molecule has 2 aliphatic rings.